The van der Waals surface area contributed by atoms with E-state index in [9.17, 15) is 0 Å². The molecule has 15 heavy (non-hydrogen) atoms. The lowest BCUT2D eigenvalue weighted by molar-refractivity contribution is -0.00685. The molecular formula is C11H22N2O2. The van der Waals surface area contributed by atoms with Crippen molar-refractivity contribution in [1.29, 1.82) is 5.26 Å². The first-order valence-corrected chi connectivity index (χ1v) is 5.56. The number of ether oxygens (including phenoxy) is 2. The second kappa shape index (κ2) is 9.91. The lowest BCUT2D eigenvalue weighted by Crippen LogP contribution is -2.34. The van der Waals surface area contributed by atoms with Crippen molar-refractivity contribution < 1.29 is 9.47 Å². The van der Waals surface area contributed by atoms with E-state index in [2.05, 4.69) is 18.3 Å². The zero-order valence-electron chi connectivity index (χ0n) is 9.95. The lowest BCUT2D eigenvalue weighted by Gasteiger charge is -2.16. The second-order valence-electron chi connectivity index (χ2n) is 3.44. The maximum atomic E-state index is 8.82. The smallest absolute Gasteiger partial charge is 0.119 e. The van der Waals surface area contributed by atoms with Crippen LogP contribution in [0.4, 0.5) is 0 Å². The number of nitrogens with one attached hydrogen (secondary N) is 1. The Balaban J connectivity index is 3.56. The normalized spacial score (nSPS) is 14.5. The Morgan fingerprint density at radius 3 is 2.60 bits per heavy atom. The van der Waals surface area contributed by atoms with Crippen LogP contribution >= 0.6 is 0 Å². The van der Waals surface area contributed by atoms with Crippen LogP contribution in [0.15, 0.2) is 0 Å². The van der Waals surface area contributed by atoms with E-state index in [1.165, 1.54) is 0 Å². The quantitative estimate of drug-likeness (QED) is 0.629. The lowest BCUT2D eigenvalue weighted by atomic mass is 10.3. The van der Waals surface area contributed by atoms with E-state index in [1.54, 1.807) is 0 Å². The predicted octanol–water partition coefficient (Wildman–Crippen LogP) is 1.32. The Kier molecular flexibility index (Phi) is 9.49. The van der Waals surface area contributed by atoms with E-state index in [4.69, 9.17) is 14.7 Å². The highest BCUT2D eigenvalue weighted by molar-refractivity contribution is 4.89. The van der Waals surface area contributed by atoms with Gasteiger partial charge in [0.05, 0.1) is 25.4 Å². The van der Waals surface area contributed by atoms with Crippen LogP contribution in [-0.2, 0) is 9.47 Å². The highest BCUT2D eigenvalue weighted by Crippen LogP contribution is 1.94. The molecule has 0 spiro atoms. The van der Waals surface area contributed by atoms with Crippen molar-refractivity contribution in [3.8, 4) is 6.07 Å². The fourth-order valence-electron chi connectivity index (χ4n) is 1.05. The standard InChI is InChI=1S/C11H22N2O2/c1-4-6-13-11(7-12)9-15-10(3)8-14-5-2/h10-11,13H,4-6,8-9H2,1-3H3. The van der Waals surface area contributed by atoms with E-state index in [1.807, 2.05) is 13.8 Å². The molecule has 0 radical (unpaired) electrons. The number of hydrogen-bond acceptors (Lipinski definition) is 4. The summed E-state index contributed by atoms with van der Waals surface area (Å²) in [6.07, 6.45) is 1.07. The zero-order chi connectivity index (χ0) is 11.5. The number of nitriles is 1. The minimum Gasteiger partial charge on any atom is -0.379 e. The van der Waals surface area contributed by atoms with Crippen molar-refractivity contribution in [3.05, 3.63) is 0 Å². The maximum Gasteiger partial charge on any atom is 0.119 e. The molecule has 0 aromatic carbocycles. The molecular weight excluding hydrogens is 192 g/mol. The third kappa shape index (κ3) is 8.37. The Hall–Kier alpha value is -0.630. The molecule has 0 aromatic heterocycles. The summed E-state index contributed by atoms with van der Waals surface area (Å²) in [5, 5.41) is 11.9. The van der Waals surface area contributed by atoms with Gasteiger partial charge >= 0.3 is 0 Å². The molecule has 2 atom stereocenters. The number of nitrogens with zero attached hydrogens (tertiary/aromatic N) is 1. The molecule has 4 heteroatoms. The van der Waals surface area contributed by atoms with E-state index in [0.29, 0.717) is 19.8 Å². The van der Waals surface area contributed by atoms with E-state index >= 15 is 0 Å². The Morgan fingerprint density at radius 1 is 1.33 bits per heavy atom. The van der Waals surface area contributed by atoms with Crippen LogP contribution < -0.4 is 5.32 Å². The fourth-order valence-corrected chi connectivity index (χ4v) is 1.05. The van der Waals surface area contributed by atoms with Crippen molar-refractivity contribution in [1.82, 2.24) is 5.32 Å². The van der Waals surface area contributed by atoms with Gasteiger partial charge in [-0.1, -0.05) is 6.92 Å². The Morgan fingerprint density at radius 2 is 2.07 bits per heavy atom. The largest absolute Gasteiger partial charge is 0.379 e. The van der Waals surface area contributed by atoms with E-state index < -0.39 is 0 Å². The SMILES string of the molecule is CCCNC(C#N)COC(C)COCC. The van der Waals surface area contributed by atoms with Crippen molar-refractivity contribution in [2.24, 2.45) is 0 Å². The van der Waals surface area contributed by atoms with Gasteiger partial charge in [0.25, 0.3) is 0 Å². The van der Waals surface area contributed by atoms with E-state index in [-0.39, 0.29) is 12.1 Å². The third-order valence-corrected chi connectivity index (χ3v) is 1.90. The minimum atomic E-state index is -0.214. The number of rotatable bonds is 9. The summed E-state index contributed by atoms with van der Waals surface area (Å²) in [6.45, 7) is 8.52. The highest BCUT2D eigenvalue weighted by atomic mass is 16.5. The van der Waals surface area contributed by atoms with Gasteiger partial charge in [-0.3, -0.25) is 0 Å². The van der Waals surface area contributed by atoms with Gasteiger partial charge in [0.15, 0.2) is 0 Å². The van der Waals surface area contributed by atoms with E-state index in [0.717, 1.165) is 13.0 Å². The summed E-state index contributed by atoms with van der Waals surface area (Å²) in [7, 11) is 0. The van der Waals surface area contributed by atoms with Crippen LogP contribution in [0.1, 0.15) is 27.2 Å². The summed E-state index contributed by atoms with van der Waals surface area (Å²) in [4.78, 5) is 0. The Labute approximate surface area is 92.6 Å². The third-order valence-electron chi connectivity index (χ3n) is 1.90. The Bertz CT molecular complexity index is 180. The first-order valence-electron chi connectivity index (χ1n) is 5.56. The molecule has 0 aliphatic heterocycles. The zero-order valence-corrected chi connectivity index (χ0v) is 9.95. The summed E-state index contributed by atoms with van der Waals surface area (Å²) in [6, 6.07) is 1.96. The molecule has 2 unspecified atom stereocenters. The number of hydrogen-bond donors (Lipinski definition) is 1. The fraction of sp³-hybridized carbons (Fsp3) is 0.909. The topological polar surface area (TPSA) is 54.3 Å². The molecule has 0 aliphatic rings. The van der Waals surface area contributed by atoms with Gasteiger partial charge in [-0.15, -0.1) is 0 Å². The molecule has 0 saturated carbocycles. The van der Waals surface area contributed by atoms with Gasteiger partial charge in [-0.25, -0.2) is 0 Å². The van der Waals surface area contributed by atoms with Crippen LogP contribution in [0.5, 0.6) is 0 Å². The van der Waals surface area contributed by atoms with Crippen LogP contribution in [0, 0.1) is 11.3 Å². The molecule has 0 rings (SSSR count). The highest BCUT2D eigenvalue weighted by Gasteiger charge is 2.09. The van der Waals surface area contributed by atoms with Crippen LogP contribution in [0.2, 0.25) is 0 Å². The van der Waals surface area contributed by atoms with Gasteiger partial charge in [0, 0.05) is 6.61 Å². The first-order chi connectivity index (χ1) is 7.24. The molecule has 1 N–H and O–H groups in total. The monoisotopic (exact) mass is 214 g/mol. The molecule has 0 amide bonds. The summed E-state index contributed by atoms with van der Waals surface area (Å²) < 4.78 is 10.7. The molecule has 88 valence electrons. The van der Waals surface area contributed by atoms with Crippen molar-refractivity contribution in [2.45, 2.75) is 39.3 Å². The van der Waals surface area contributed by atoms with Crippen LogP contribution in [0.25, 0.3) is 0 Å². The van der Waals surface area contributed by atoms with Gasteiger partial charge in [-0.2, -0.15) is 5.26 Å². The average molecular weight is 214 g/mol. The van der Waals surface area contributed by atoms with Crippen molar-refractivity contribution >= 4 is 0 Å². The predicted molar refractivity (Wildman–Crippen MR) is 59.6 cm³/mol. The second-order valence-corrected chi connectivity index (χ2v) is 3.44. The van der Waals surface area contributed by atoms with Crippen molar-refractivity contribution in [3.63, 3.8) is 0 Å². The van der Waals surface area contributed by atoms with Crippen molar-refractivity contribution in [2.75, 3.05) is 26.4 Å². The minimum absolute atomic E-state index is 0.0456. The van der Waals surface area contributed by atoms with Crippen LogP contribution in [-0.4, -0.2) is 38.5 Å². The molecule has 0 fully saturated rings. The molecule has 0 heterocycles. The van der Waals surface area contributed by atoms with Gasteiger partial charge < -0.3 is 14.8 Å². The molecule has 0 aliphatic carbocycles. The summed E-state index contributed by atoms with van der Waals surface area (Å²) in [5.41, 5.74) is 0. The molecule has 0 bridgehead atoms. The average Bonchev–Trinajstić information content (AvgIpc) is 2.26. The molecule has 4 nitrogen and oxygen atoms in total. The van der Waals surface area contributed by atoms with Gasteiger partial charge in [0.2, 0.25) is 0 Å². The molecule has 0 aromatic rings. The maximum absolute atomic E-state index is 8.82. The summed E-state index contributed by atoms with van der Waals surface area (Å²) >= 11 is 0. The van der Waals surface area contributed by atoms with Crippen LogP contribution in [0.3, 0.4) is 0 Å². The van der Waals surface area contributed by atoms with Gasteiger partial charge in [0.1, 0.15) is 6.04 Å². The summed E-state index contributed by atoms with van der Waals surface area (Å²) in [5.74, 6) is 0. The van der Waals surface area contributed by atoms with Gasteiger partial charge in [-0.05, 0) is 26.8 Å². The molecule has 0 saturated heterocycles. The first kappa shape index (κ1) is 14.4.